The lowest BCUT2D eigenvalue weighted by molar-refractivity contribution is 0.558. The minimum Gasteiger partial charge on any atom is -0.351 e. The van der Waals surface area contributed by atoms with Crippen molar-refractivity contribution in [2.24, 2.45) is 0 Å². The third-order valence-electron chi connectivity index (χ3n) is 5.32. The van der Waals surface area contributed by atoms with Crippen molar-refractivity contribution in [3.8, 4) is 5.69 Å². The van der Waals surface area contributed by atoms with Crippen LogP contribution in [0.2, 0.25) is 0 Å². The Labute approximate surface area is 179 Å². The molecule has 6 heteroatoms. The van der Waals surface area contributed by atoms with Crippen LogP contribution in [-0.4, -0.2) is 14.7 Å². The Kier molecular flexibility index (Phi) is 4.77. The summed E-state index contributed by atoms with van der Waals surface area (Å²) in [4.78, 5) is 6.39. The zero-order valence-electron chi connectivity index (χ0n) is 16.0. The highest BCUT2D eigenvalue weighted by Gasteiger charge is 2.41. The molecule has 4 nitrogen and oxygen atoms in total. The van der Waals surface area contributed by atoms with Crippen molar-refractivity contribution < 1.29 is 4.39 Å². The second-order valence-corrected chi connectivity index (χ2v) is 7.52. The molecule has 0 radical (unpaired) electrons. The number of halogens is 1. The first-order chi connectivity index (χ1) is 14.7. The lowest BCUT2D eigenvalue weighted by Crippen LogP contribution is -2.30. The maximum absolute atomic E-state index is 14.8. The molecular formula is C24H19FN4S. The van der Waals surface area contributed by atoms with Gasteiger partial charge in [0.15, 0.2) is 5.11 Å². The van der Waals surface area contributed by atoms with Crippen molar-refractivity contribution in [2.45, 2.75) is 12.1 Å². The van der Waals surface area contributed by atoms with Crippen LogP contribution in [0.1, 0.15) is 23.3 Å². The lowest BCUT2D eigenvalue weighted by Gasteiger charge is -2.27. The lowest BCUT2D eigenvalue weighted by atomic mass is 9.98. The number of nitrogens with zero attached hydrogens (tertiary/aromatic N) is 3. The molecule has 0 aliphatic carbocycles. The molecule has 0 amide bonds. The second kappa shape index (κ2) is 7.72. The van der Waals surface area contributed by atoms with Gasteiger partial charge in [-0.15, -0.1) is 0 Å². The van der Waals surface area contributed by atoms with Gasteiger partial charge in [-0.1, -0.05) is 36.4 Å². The van der Waals surface area contributed by atoms with Gasteiger partial charge in [0.25, 0.3) is 0 Å². The zero-order valence-corrected chi connectivity index (χ0v) is 16.8. The summed E-state index contributed by atoms with van der Waals surface area (Å²) in [7, 11) is 0. The van der Waals surface area contributed by atoms with Crippen molar-refractivity contribution >= 4 is 23.0 Å². The number of anilines is 1. The fourth-order valence-corrected chi connectivity index (χ4v) is 4.29. The Morgan fingerprint density at radius 1 is 0.900 bits per heavy atom. The quantitative estimate of drug-likeness (QED) is 0.466. The van der Waals surface area contributed by atoms with Crippen LogP contribution in [0.25, 0.3) is 5.69 Å². The second-order valence-electron chi connectivity index (χ2n) is 7.14. The summed E-state index contributed by atoms with van der Waals surface area (Å²) in [6.07, 6.45) is 5.85. The van der Waals surface area contributed by atoms with Crippen molar-refractivity contribution in [2.75, 3.05) is 4.90 Å². The average molecular weight is 415 g/mol. The van der Waals surface area contributed by atoms with Gasteiger partial charge in [0.05, 0.1) is 23.5 Å². The van der Waals surface area contributed by atoms with Crippen LogP contribution in [0, 0.1) is 5.82 Å². The largest absolute Gasteiger partial charge is 0.351 e. The smallest absolute Gasteiger partial charge is 0.174 e. The molecule has 3 heterocycles. The maximum atomic E-state index is 14.8. The summed E-state index contributed by atoms with van der Waals surface area (Å²) >= 11 is 5.65. The Bertz CT molecular complexity index is 1180. The fourth-order valence-electron chi connectivity index (χ4n) is 3.95. The van der Waals surface area contributed by atoms with Crippen LogP contribution < -0.4 is 10.2 Å². The maximum Gasteiger partial charge on any atom is 0.174 e. The summed E-state index contributed by atoms with van der Waals surface area (Å²) in [6, 6.07) is 24.2. The first-order valence-electron chi connectivity index (χ1n) is 9.71. The standard InChI is InChI=1S/C24H19FN4S/c25-19-10-4-5-12-21(19)29-23(22(27-24(29)30)20-11-6-7-14-26-20)17-13-15-28(16-17)18-8-2-1-3-9-18/h1-16,22-23H,(H,27,30). The van der Waals surface area contributed by atoms with Crippen molar-refractivity contribution in [1.82, 2.24) is 14.9 Å². The summed E-state index contributed by atoms with van der Waals surface area (Å²) in [5.41, 5.74) is 3.39. The Morgan fingerprint density at radius 3 is 2.43 bits per heavy atom. The SMILES string of the molecule is Fc1ccccc1N1C(=S)NC(c2ccccn2)C1c1ccn(-c2ccccc2)c1. The van der Waals surface area contributed by atoms with Crippen LogP contribution in [-0.2, 0) is 0 Å². The Hall–Kier alpha value is -3.51. The molecule has 0 saturated carbocycles. The molecule has 30 heavy (non-hydrogen) atoms. The van der Waals surface area contributed by atoms with Gasteiger partial charge in [0, 0.05) is 24.3 Å². The van der Waals surface area contributed by atoms with Gasteiger partial charge in [0.2, 0.25) is 0 Å². The molecule has 5 rings (SSSR count). The van der Waals surface area contributed by atoms with Gasteiger partial charge < -0.3 is 14.8 Å². The van der Waals surface area contributed by atoms with E-state index >= 15 is 0 Å². The van der Waals surface area contributed by atoms with Crippen molar-refractivity contribution in [3.05, 3.63) is 115 Å². The van der Waals surface area contributed by atoms with Gasteiger partial charge in [0.1, 0.15) is 5.82 Å². The summed E-state index contributed by atoms with van der Waals surface area (Å²) < 4.78 is 16.8. The van der Waals surface area contributed by atoms with Crippen LogP contribution in [0.4, 0.5) is 10.1 Å². The molecule has 2 unspecified atom stereocenters. The molecule has 0 bridgehead atoms. The highest BCUT2D eigenvalue weighted by molar-refractivity contribution is 7.80. The molecule has 1 fully saturated rings. The fraction of sp³-hybridized carbons (Fsp3) is 0.0833. The molecular weight excluding hydrogens is 395 g/mol. The van der Waals surface area contributed by atoms with Gasteiger partial charge in [-0.25, -0.2) is 4.39 Å². The minimum absolute atomic E-state index is 0.204. The summed E-state index contributed by atoms with van der Waals surface area (Å²) in [5.74, 6) is -0.309. The number of pyridine rings is 1. The van der Waals surface area contributed by atoms with E-state index < -0.39 is 0 Å². The van der Waals surface area contributed by atoms with Crippen LogP contribution in [0.5, 0.6) is 0 Å². The highest BCUT2D eigenvalue weighted by Crippen LogP contribution is 2.42. The number of para-hydroxylation sites is 2. The predicted molar refractivity (Wildman–Crippen MR) is 120 cm³/mol. The Morgan fingerprint density at radius 2 is 1.67 bits per heavy atom. The Balaban J connectivity index is 1.62. The van der Waals surface area contributed by atoms with Crippen LogP contribution in [0.3, 0.4) is 0 Å². The molecule has 2 aromatic carbocycles. The first kappa shape index (κ1) is 18.5. The molecule has 4 aromatic rings. The average Bonchev–Trinajstić information content (AvgIpc) is 3.40. The van der Waals surface area contributed by atoms with E-state index in [4.69, 9.17) is 12.2 Å². The topological polar surface area (TPSA) is 33.1 Å². The number of aromatic nitrogens is 2. The number of benzene rings is 2. The van der Waals surface area contributed by atoms with Crippen LogP contribution in [0.15, 0.2) is 97.5 Å². The monoisotopic (exact) mass is 414 g/mol. The van der Waals surface area contributed by atoms with Crippen LogP contribution >= 0.6 is 12.2 Å². The van der Waals surface area contributed by atoms with Gasteiger partial charge in [-0.05, 0) is 60.2 Å². The molecule has 0 spiro atoms. The predicted octanol–water partition coefficient (Wildman–Crippen LogP) is 5.19. The summed E-state index contributed by atoms with van der Waals surface area (Å²) in [5, 5.41) is 3.84. The molecule has 1 N–H and O–H groups in total. The van der Waals surface area contributed by atoms with E-state index in [0.29, 0.717) is 10.8 Å². The van der Waals surface area contributed by atoms with E-state index in [-0.39, 0.29) is 17.9 Å². The number of hydrogen-bond donors (Lipinski definition) is 1. The van der Waals surface area contributed by atoms with E-state index in [1.54, 1.807) is 18.3 Å². The zero-order chi connectivity index (χ0) is 20.5. The van der Waals surface area contributed by atoms with E-state index in [0.717, 1.165) is 16.9 Å². The van der Waals surface area contributed by atoms with E-state index in [1.807, 2.05) is 65.7 Å². The minimum atomic E-state index is -0.309. The van der Waals surface area contributed by atoms with E-state index in [1.165, 1.54) is 6.07 Å². The van der Waals surface area contributed by atoms with Gasteiger partial charge in [-0.2, -0.15) is 0 Å². The third kappa shape index (κ3) is 3.25. The molecule has 1 saturated heterocycles. The van der Waals surface area contributed by atoms with Crippen molar-refractivity contribution in [1.29, 1.82) is 0 Å². The highest BCUT2D eigenvalue weighted by atomic mass is 32.1. The molecule has 1 aliphatic rings. The molecule has 2 atom stereocenters. The molecule has 1 aliphatic heterocycles. The normalized spacial score (nSPS) is 18.4. The van der Waals surface area contributed by atoms with Gasteiger partial charge >= 0.3 is 0 Å². The first-order valence-corrected chi connectivity index (χ1v) is 10.1. The summed E-state index contributed by atoms with van der Waals surface area (Å²) in [6.45, 7) is 0. The number of thiocarbonyl (C=S) groups is 1. The van der Waals surface area contributed by atoms with E-state index in [2.05, 4.69) is 27.1 Å². The third-order valence-corrected chi connectivity index (χ3v) is 5.64. The van der Waals surface area contributed by atoms with E-state index in [9.17, 15) is 4.39 Å². The van der Waals surface area contributed by atoms with Crippen molar-refractivity contribution in [3.63, 3.8) is 0 Å². The number of hydrogen-bond acceptors (Lipinski definition) is 2. The molecule has 2 aromatic heterocycles. The molecule has 148 valence electrons. The number of rotatable bonds is 4. The number of nitrogens with one attached hydrogen (secondary N) is 1. The van der Waals surface area contributed by atoms with Gasteiger partial charge in [-0.3, -0.25) is 4.98 Å².